The highest BCUT2D eigenvalue weighted by atomic mass is 79.9. The van der Waals surface area contributed by atoms with E-state index in [2.05, 4.69) is 21.2 Å². The lowest BCUT2D eigenvalue weighted by atomic mass is 10.1. The van der Waals surface area contributed by atoms with Gasteiger partial charge in [-0.3, -0.25) is 0 Å². The third kappa shape index (κ3) is 3.32. The number of carboxylic acid groups (broad SMARTS) is 1. The highest BCUT2D eigenvalue weighted by Crippen LogP contribution is 2.25. The minimum atomic E-state index is -0.934. The van der Waals surface area contributed by atoms with Crippen molar-refractivity contribution in [1.82, 2.24) is 0 Å². The molecule has 104 valence electrons. The zero-order valence-electron chi connectivity index (χ0n) is 10.8. The second kappa shape index (κ2) is 6.29. The first kappa shape index (κ1) is 14.9. The average molecular weight is 355 g/mol. The molecule has 2 aromatic carbocycles. The van der Waals surface area contributed by atoms with Crippen LogP contribution in [0, 0.1) is 6.92 Å². The number of benzene rings is 2. The maximum atomic E-state index is 10.9. The lowest BCUT2D eigenvalue weighted by molar-refractivity contribution is 0.0697. The summed E-state index contributed by atoms with van der Waals surface area (Å²) in [6.07, 6.45) is 0. The molecule has 0 aliphatic carbocycles. The molecule has 0 aliphatic heterocycles. The molecule has 3 nitrogen and oxygen atoms in total. The number of hydrogen-bond acceptors (Lipinski definition) is 2. The summed E-state index contributed by atoms with van der Waals surface area (Å²) in [4.78, 5) is 10.9. The monoisotopic (exact) mass is 353 g/mol. The molecule has 0 radical (unpaired) electrons. The van der Waals surface area contributed by atoms with Crippen molar-refractivity contribution in [1.29, 1.82) is 0 Å². The number of carboxylic acids is 1. The first-order valence-corrected chi connectivity index (χ1v) is 7.17. The fourth-order valence-electron chi connectivity index (χ4n) is 1.81. The molecule has 0 bridgehead atoms. The van der Waals surface area contributed by atoms with E-state index in [-0.39, 0.29) is 5.56 Å². The number of carbonyl (C=O) groups is 1. The van der Waals surface area contributed by atoms with Gasteiger partial charge in [0.1, 0.15) is 0 Å². The van der Waals surface area contributed by atoms with Crippen molar-refractivity contribution in [2.45, 2.75) is 13.5 Å². The quantitative estimate of drug-likeness (QED) is 0.835. The highest BCUT2D eigenvalue weighted by molar-refractivity contribution is 9.10. The number of hydrogen-bond donors (Lipinski definition) is 2. The third-order valence-corrected chi connectivity index (χ3v) is 4.18. The van der Waals surface area contributed by atoms with Crippen LogP contribution in [0.15, 0.2) is 40.9 Å². The van der Waals surface area contributed by atoms with Gasteiger partial charge < -0.3 is 10.4 Å². The summed E-state index contributed by atoms with van der Waals surface area (Å²) in [6, 6.07) is 10.7. The molecule has 2 N–H and O–H groups in total. The van der Waals surface area contributed by atoms with Crippen LogP contribution in [-0.2, 0) is 6.54 Å². The molecular weight excluding hydrogens is 342 g/mol. The summed E-state index contributed by atoms with van der Waals surface area (Å²) >= 11 is 9.46. The van der Waals surface area contributed by atoms with E-state index in [1.54, 1.807) is 18.2 Å². The first-order valence-electron chi connectivity index (χ1n) is 5.99. The molecule has 0 unspecified atom stereocenters. The molecular formula is C15H13BrClNO2. The lowest BCUT2D eigenvalue weighted by Gasteiger charge is -2.12. The predicted octanol–water partition coefficient (Wildman–Crippen LogP) is 4.72. The van der Waals surface area contributed by atoms with Gasteiger partial charge in [-0.2, -0.15) is 0 Å². The molecule has 0 fully saturated rings. The summed E-state index contributed by atoms with van der Waals surface area (Å²) in [5.74, 6) is -0.934. The Bertz CT molecular complexity index is 658. The molecule has 2 rings (SSSR count). The zero-order valence-corrected chi connectivity index (χ0v) is 13.1. The van der Waals surface area contributed by atoms with Crippen molar-refractivity contribution >= 4 is 39.2 Å². The Morgan fingerprint density at radius 2 is 2.10 bits per heavy atom. The van der Waals surface area contributed by atoms with Gasteiger partial charge in [-0.15, -0.1) is 0 Å². The average Bonchev–Trinajstić information content (AvgIpc) is 2.41. The summed E-state index contributed by atoms with van der Waals surface area (Å²) in [5, 5.41) is 12.9. The Morgan fingerprint density at radius 1 is 1.35 bits per heavy atom. The Kier molecular flexibility index (Phi) is 4.68. The van der Waals surface area contributed by atoms with Gasteiger partial charge in [-0.1, -0.05) is 39.7 Å². The third-order valence-electron chi connectivity index (χ3n) is 3.04. The van der Waals surface area contributed by atoms with Gasteiger partial charge in [-0.05, 0) is 42.3 Å². The molecule has 0 spiro atoms. The Morgan fingerprint density at radius 3 is 2.75 bits per heavy atom. The SMILES string of the molecule is Cc1c(Cl)cccc1NCc1ccc(C(=O)O)cc1Br. The minimum absolute atomic E-state index is 0.263. The summed E-state index contributed by atoms with van der Waals surface area (Å²) in [5.41, 5.74) is 3.20. The molecule has 0 saturated carbocycles. The maximum Gasteiger partial charge on any atom is 0.335 e. The van der Waals surface area contributed by atoms with Crippen LogP contribution in [0.25, 0.3) is 0 Å². The highest BCUT2D eigenvalue weighted by Gasteiger charge is 2.07. The van der Waals surface area contributed by atoms with Crippen LogP contribution in [0.4, 0.5) is 5.69 Å². The van der Waals surface area contributed by atoms with Crippen LogP contribution in [0.3, 0.4) is 0 Å². The van der Waals surface area contributed by atoms with Crippen molar-refractivity contribution in [2.75, 3.05) is 5.32 Å². The summed E-state index contributed by atoms with van der Waals surface area (Å²) in [7, 11) is 0. The van der Waals surface area contributed by atoms with E-state index in [4.69, 9.17) is 16.7 Å². The van der Waals surface area contributed by atoms with Crippen LogP contribution in [0.5, 0.6) is 0 Å². The van der Waals surface area contributed by atoms with Crippen molar-refractivity contribution < 1.29 is 9.90 Å². The number of rotatable bonds is 4. The number of nitrogens with one attached hydrogen (secondary N) is 1. The van der Waals surface area contributed by atoms with Gasteiger partial charge in [0.05, 0.1) is 5.56 Å². The number of aromatic carboxylic acids is 1. The minimum Gasteiger partial charge on any atom is -0.478 e. The van der Waals surface area contributed by atoms with Crippen molar-refractivity contribution in [3.05, 3.63) is 62.6 Å². The van der Waals surface area contributed by atoms with Gasteiger partial charge in [-0.25, -0.2) is 4.79 Å². The van der Waals surface area contributed by atoms with Gasteiger partial charge in [0, 0.05) is 21.7 Å². The zero-order chi connectivity index (χ0) is 14.7. The Hall–Kier alpha value is -1.52. The van der Waals surface area contributed by atoms with Crippen LogP contribution in [0.1, 0.15) is 21.5 Å². The Balaban J connectivity index is 2.15. The molecule has 0 saturated heterocycles. The van der Waals surface area contributed by atoms with Crippen molar-refractivity contribution in [3.63, 3.8) is 0 Å². The van der Waals surface area contributed by atoms with Gasteiger partial charge in [0.15, 0.2) is 0 Å². The standard InChI is InChI=1S/C15H13BrClNO2/c1-9-13(17)3-2-4-14(9)18-8-11-6-5-10(15(19)20)7-12(11)16/h2-7,18H,8H2,1H3,(H,19,20). The summed E-state index contributed by atoms with van der Waals surface area (Å²) < 4.78 is 0.768. The van der Waals surface area contributed by atoms with Crippen molar-refractivity contribution in [3.8, 4) is 0 Å². The molecule has 0 atom stereocenters. The van der Waals surface area contributed by atoms with Crippen LogP contribution in [-0.4, -0.2) is 11.1 Å². The summed E-state index contributed by atoms with van der Waals surface area (Å²) in [6.45, 7) is 2.54. The molecule has 0 aromatic heterocycles. The molecule has 5 heteroatoms. The molecule has 20 heavy (non-hydrogen) atoms. The second-order valence-corrected chi connectivity index (χ2v) is 5.64. The predicted molar refractivity (Wildman–Crippen MR) is 84.6 cm³/mol. The number of anilines is 1. The van der Waals surface area contributed by atoms with E-state index in [0.29, 0.717) is 6.54 Å². The van der Waals surface area contributed by atoms with Gasteiger partial charge in [0.2, 0.25) is 0 Å². The molecule has 0 aliphatic rings. The van der Waals surface area contributed by atoms with E-state index < -0.39 is 5.97 Å². The fraction of sp³-hybridized carbons (Fsp3) is 0.133. The van der Waals surface area contributed by atoms with Crippen LogP contribution >= 0.6 is 27.5 Å². The van der Waals surface area contributed by atoms with E-state index >= 15 is 0 Å². The topological polar surface area (TPSA) is 49.3 Å². The molecule has 0 heterocycles. The molecule has 0 amide bonds. The van der Waals surface area contributed by atoms with Crippen molar-refractivity contribution in [2.24, 2.45) is 0 Å². The normalized spacial score (nSPS) is 10.3. The van der Waals surface area contributed by atoms with E-state index in [9.17, 15) is 4.79 Å². The van der Waals surface area contributed by atoms with E-state index in [1.807, 2.05) is 25.1 Å². The van der Waals surface area contributed by atoms with E-state index in [1.165, 1.54) is 0 Å². The Labute approximate surface area is 130 Å². The van der Waals surface area contributed by atoms with Gasteiger partial charge in [0.25, 0.3) is 0 Å². The molecule has 2 aromatic rings. The second-order valence-electron chi connectivity index (χ2n) is 4.38. The van der Waals surface area contributed by atoms with Crippen LogP contribution in [0.2, 0.25) is 5.02 Å². The van der Waals surface area contributed by atoms with E-state index in [0.717, 1.165) is 26.3 Å². The fourth-order valence-corrected chi connectivity index (χ4v) is 2.51. The number of halogens is 2. The largest absolute Gasteiger partial charge is 0.478 e. The first-order chi connectivity index (χ1) is 9.49. The van der Waals surface area contributed by atoms with Crippen LogP contribution < -0.4 is 5.32 Å². The van der Waals surface area contributed by atoms with Gasteiger partial charge >= 0.3 is 5.97 Å². The smallest absolute Gasteiger partial charge is 0.335 e. The lowest BCUT2D eigenvalue weighted by Crippen LogP contribution is -2.03. The maximum absolute atomic E-state index is 10.9.